The highest BCUT2D eigenvalue weighted by Gasteiger charge is 2.12. The minimum Gasteiger partial charge on any atom is -0.492 e. The van der Waals surface area contributed by atoms with Gasteiger partial charge < -0.3 is 9.84 Å². The fourth-order valence-corrected chi connectivity index (χ4v) is 1.34. The molecule has 2 aromatic rings. The highest BCUT2D eigenvalue weighted by atomic mass is 16.5. The molecule has 0 aliphatic heterocycles. The van der Waals surface area contributed by atoms with E-state index >= 15 is 0 Å². The van der Waals surface area contributed by atoms with E-state index in [2.05, 4.69) is 14.7 Å². The molecule has 1 N–H and O–H groups in total. The molecule has 78 valence electrons. The van der Waals surface area contributed by atoms with Crippen LogP contribution in [0, 0.1) is 6.92 Å². The van der Waals surface area contributed by atoms with Crippen molar-refractivity contribution in [2.45, 2.75) is 6.92 Å². The summed E-state index contributed by atoms with van der Waals surface area (Å²) in [5.74, 6) is -0.630. The molecule has 2 aromatic heterocycles. The first-order chi connectivity index (χ1) is 7.11. The molecule has 0 saturated carbocycles. The van der Waals surface area contributed by atoms with E-state index in [0.29, 0.717) is 11.3 Å². The average molecular weight is 207 g/mol. The Labute approximate surface area is 85.2 Å². The quantitative estimate of drug-likeness (QED) is 0.690. The van der Waals surface area contributed by atoms with Gasteiger partial charge >= 0.3 is 5.97 Å². The van der Waals surface area contributed by atoms with Gasteiger partial charge in [-0.15, -0.1) is 0 Å². The van der Waals surface area contributed by atoms with Crippen LogP contribution in [0.1, 0.15) is 16.2 Å². The topological polar surface area (TPSA) is 76.7 Å². The molecule has 0 spiro atoms. The number of esters is 1. The number of aromatic hydroxyl groups is 1. The molecule has 6 nitrogen and oxygen atoms in total. The summed E-state index contributed by atoms with van der Waals surface area (Å²) in [4.78, 5) is 19.1. The number of aromatic nitrogens is 3. The predicted octanol–water partition coefficient (Wildman–Crippen LogP) is 0.530. The number of aryl methyl sites for hydroxylation is 1. The number of ether oxygens (including phenoxy) is 1. The molecular formula is C9H9N3O3. The van der Waals surface area contributed by atoms with Gasteiger partial charge in [0.15, 0.2) is 11.3 Å². The normalized spacial score (nSPS) is 10.5. The number of rotatable bonds is 1. The first kappa shape index (κ1) is 9.45. The third kappa shape index (κ3) is 1.50. The summed E-state index contributed by atoms with van der Waals surface area (Å²) in [6.07, 6.45) is 2.86. The number of imidazole rings is 1. The number of hydrogen-bond donors (Lipinski definition) is 1. The van der Waals surface area contributed by atoms with Gasteiger partial charge in [0, 0.05) is 6.20 Å². The predicted molar refractivity (Wildman–Crippen MR) is 50.7 cm³/mol. The van der Waals surface area contributed by atoms with Crippen LogP contribution in [0.2, 0.25) is 0 Å². The van der Waals surface area contributed by atoms with Crippen LogP contribution in [0.5, 0.6) is 5.88 Å². The fourth-order valence-electron chi connectivity index (χ4n) is 1.34. The van der Waals surface area contributed by atoms with Gasteiger partial charge in [0.05, 0.1) is 19.0 Å². The SMILES string of the molecule is COC(=O)c1cn2cc(O)nc2c(C)n1. The van der Waals surface area contributed by atoms with Crippen molar-refractivity contribution in [2.24, 2.45) is 0 Å². The molecule has 0 bridgehead atoms. The van der Waals surface area contributed by atoms with Crippen LogP contribution in [0.3, 0.4) is 0 Å². The molecule has 0 aliphatic carbocycles. The van der Waals surface area contributed by atoms with Crippen molar-refractivity contribution >= 4 is 11.6 Å². The number of hydrogen-bond acceptors (Lipinski definition) is 5. The molecule has 0 saturated heterocycles. The van der Waals surface area contributed by atoms with Crippen molar-refractivity contribution in [3.8, 4) is 5.88 Å². The Morgan fingerprint density at radius 3 is 2.87 bits per heavy atom. The Morgan fingerprint density at radius 1 is 1.47 bits per heavy atom. The van der Waals surface area contributed by atoms with Crippen LogP contribution in [-0.4, -0.2) is 32.6 Å². The van der Waals surface area contributed by atoms with Crippen LogP contribution < -0.4 is 0 Å². The van der Waals surface area contributed by atoms with Gasteiger partial charge in [-0.2, -0.15) is 4.98 Å². The molecule has 0 aromatic carbocycles. The third-order valence-corrected chi connectivity index (χ3v) is 1.99. The second-order valence-corrected chi connectivity index (χ2v) is 3.03. The van der Waals surface area contributed by atoms with Crippen LogP contribution in [0.4, 0.5) is 0 Å². The number of nitrogens with zero attached hydrogens (tertiary/aromatic N) is 3. The summed E-state index contributed by atoms with van der Waals surface area (Å²) in [6, 6.07) is 0. The van der Waals surface area contributed by atoms with Gasteiger partial charge in [0.25, 0.3) is 0 Å². The molecule has 0 aliphatic rings. The molecule has 15 heavy (non-hydrogen) atoms. The van der Waals surface area contributed by atoms with Crippen molar-refractivity contribution < 1.29 is 14.6 Å². The molecular weight excluding hydrogens is 198 g/mol. The minimum atomic E-state index is -0.520. The van der Waals surface area contributed by atoms with Crippen molar-refractivity contribution in [1.29, 1.82) is 0 Å². The lowest BCUT2D eigenvalue weighted by atomic mass is 10.4. The van der Waals surface area contributed by atoms with E-state index in [1.54, 1.807) is 6.92 Å². The van der Waals surface area contributed by atoms with Crippen molar-refractivity contribution in [1.82, 2.24) is 14.4 Å². The summed E-state index contributed by atoms with van der Waals surface area (Å²) >= 11 is 0. The first-order valence-corrected chi connectivity index (χ1v) is 4.25. The molecule has 2 rings (SSSR count). The van der Waals surface area contributed by atoms with Gasteiger partial charge in [0.2, 0.25) is 5.88 Å². The van der Waals surface area contributed by atoms with Crippen molar-refractivity contribution in [3.05, 3.63) is 23.8 Å². The molecule has 6 heteroatoms. The molecule has 0 radical (unpaired) electrons. The maximum atomic E-state index is 11.2. The van der Waals surface area contributed by atoms with E-state index < -0.39 is 5.97 Å². The van der Waals surface area contributed by atoms with E-state index in [0.717, 1.165) is 0 Å². The van der Waals surface area contributed by atoms with E-state index in [4.69, 9.17) is 0 Å². The van der Waals surface area contributed by atoms with E-state index in [1.165, 1.54) is 23.9 Å². The molecule has 0 unspecified atom stereocenters. The second-order valence-electron chi connectivity index (χ2n) is 3.03. The maximum Gasteiger partial charge on any atom is 0.358 e. The average Bonchev–Trinajstić information content (AvgIpc) is 2.58. The van der Waals surface area contributed by atoms with Gasteiger partial charge in [-0.05, 0) is 6.92 Å². The summed E-state index contributed by atoms with van der Waals surface area (Å²) in [7, 11) is 1.29. The smallest absolute Gasteiger partial charge is 0.358 e. The standard InChI is InChI=1S/C9H9N3O3/c1-5-8-11-7(13)4-12(8)3-6(10-5)9(14)15-2/h3-4,13H,1-2H3. The van der Waals surface area contributed by atoms with Crippen LogP contribution in [0.25, 0.3) is 5.65 Å². The highest BCUT2D eigenvalue weighted by molar-refractivity contribution is 5.87. The van der Waals surface area contributed by atoms with E-state index in [9.17, 15) is 9.90 Å². The Balaban J connectivity index is 2.66. The summed E-state index contributed by atoms with van der Waals surface area (Å²) in [6.45, 7) is 1.70. The van der Waals surface area contributed by atoms with Crippen molar-refractivity contribution in [2.75, 3.05) is 7.11 Å². The fraction of sp³-hybridized carbons (Fsp3) is 0.222. The number of carbonyl (C=O) groups is 1. The minimum absolute atomic E-state index is 0.109. The molecule has 0 fully saturated rings. The zero-order valence-electron chi connectivity index (χ0n) is 8.26. The Bertz CT molecular complexity index is 533. The number of carbonyl (C=O) groups excluding carboxylic acids is 1. The van der Waals surface area contributed by atoms with Crippen LogP contribution in [0.15, 0.2) is 12.4 Å². The third-order valence-electron chi connectivity index (χ3n) is 1.99. The van der Waals surface area contributed by atoms with Gasteiger partial charge in [-0.3, -0.25) is 4.40 Å². The molecule has 0 atom stereocenters. The lowest BCUT2D eigenvalue weighted by molar-refractivity contribution is 0.0593. The zero-order chi connectivity index (χ0) is 11.0. The number of methoxy groups -OCH3 is 1. The zero-order valence-corrected chi connectivity index (χ0v) is 8.26. The Hall–Kier alpha value is -2.11. The van der Waals surface area contributed by atoms with Crippen LogP contribution >= 0.6 is 0 Å². The van der Waals surface area contributed by atoms with Gasteiger partial charge in [-0.25, -0.2) is 9.78 Å². The summed E-state index contributed by atoms with van der Waals surface area (Å²) < 4.78 is 6.08. The monoisotopic (exact) mass is 207 g/mol. The summed E-state index contributed by atoms with van der Waals surface area (Å²) in [5.41, 5.74) is 1.25. The Morgan fingerprint density at radius 2 is 2.20 bits per heavy atom. The van der Waals surface area contributed by atoms with Gasteiger partial charge in [0.1, 0.15) is 0 Å². The number of fused-ring (bicyclic) bond motifs is 1. The van der Waals surface area contributed by atoms with Crippen molar-refractivity contribution in [3.63, 3.8) is 0 Å². The largest absolute Gasteiger partial charge is 0.492 e. The Kier molecular flexibility index (Phi) is 2.03. The second kappa shape index (κ2) is 3.23. The molecule has 0 amide bonds. The lowest BCUT2D eigenvalue weighted by Gasteiger charge is -2.01. The van der Waals surface area contributed by atoms with E-state index in [1.807, 2.05) is 0 Å². The molecule has 2 heterocycles. The highest BCUT2D eigenvalue weighted by Crippen LogP contribution is 2.13. The van der Waals surface area contributed by atoms with Crippen LogP contribution in [-0.2, 0) is 4.74 Å². The lowest BCUT2D eigenvalue weighted by Crippen LogP contribution is -2.07. The first-order valence-electron chi connectivity index (χ1n) is 4.25. The van der Waals surface area contributed by atoms with E-state index in [-0.39, 0.29) is 11.6 Å². The van der Waals surface area contributed by atoms with Gasteiger partial charge in [-0.1, -0.05) is 0 Å². The summed E-state index contributed by atoms with van der Waals surface area (Å²) in [5, 5.41) is 9.19. The maximum absolute atomic E-state index is 11.2.